The molecule has 1 aromatic heterocycles. The number of rotatable bonds is 4. The van der Waals surface area contributed by atoms with Crippen LogP contribution in [0.4, 0.5) is 0 Å². The van der Waals surface area contributed by atoms with Gasteiger partial charge in [-0.1, -0.05) is 0 Å². The van der Waals surface area contributed by atoms with Crippen LogP contribution in [0.25, 0.3) is 0 Å². The van der Waals surface area contributed by atoms with E-state index in [2.05, 4.69) is 5.32 Å². The Hall–Kier alpha value is -1.03. The lowest BCUT2D eigenvalue weighted by Crippen LogP contribution is -2.24. The first kappa shape index (κ1) is 10.5. The van der Waals surface area contributed by atoms with Crippen molar-refractivity contribution in [2.45, 2.75) is 32.9 Å². The maximum Gasteiger partial charge on any atom is 0.328 e. The fourth-order valence-electron chi connectivity index (χ4n) is 2.15. The molecule has 1 N–H and O–H groups in total. The van der Waals surface area contributed by atoms with Crippen LogP contribution in [-0.2, 0) is 13.1 Å². The normalized spacial score (nSPS) is 21.0. The number of aryl methyl sites for hydroxylation is 2. The van der Waals surface area contributed by atoms with Gasteiger partial charge in [0.25, 0.3) is 0 Å². The van der Waals surface area contributed by atoms with Crippen LogP contribution in [0.15, 0.2) is 17.2 Å². The molecule has 4 heteroatoms. The van der Waals surface area contributed by atoms with Crippen LogP contribution in [0.3, 0.4) is 0 Å². The zero-order chi connectivity index (χ0) is 10.7. The van der Waals surface area contributed by atoms with Gasteiger partial charge in [-0.15, -0.1) is 0 Å². The second-order valence-corrected chi connectivity index (χ2v) is 4.21. The molecule has 1 aliphatic heterocycles. The minimum atomic E-state index is 0.128. The first-order valence-corrected chi connectivity index (χ1v) is 5.77. The second-order valence-electron chi connectivity index (χ2n) is 4.21. The van der Waals surface area contributed by atoms with E-state index >= 15 is 0 Å². The molecule has 0 radical (unpaired) electrons. The van der Waals surface area contributed by atoms with E-state index in [-0.39, 0.29) is 5.69 Å². The summed E-state index contributed by atoms with van der Waals surface area (Å²) in [5.74, 6) is 0.752. The molecule has 2 rings (SSSR count). The summed E-state index contributed by atoms with van der Waals surface area (Å²) in [5, 5.41) is 3.35. The Balaban J connectivity index is 1.92. The summed E-state index contributed by atoms with van der Waals surface area (Å²) in [5.41, 5.74) is 0.128. The highest BCUT2D eigenvalue weighted by Crippen LogP contribution is 2.12. The van der Waals surface area contributed by atoms with Gasteiger partial charge in [-0.2, -0.15) is 0 Å². The third kappa shape index (κ3) is 2.31. The van der Waals surface area contributed by atoms with Crippen LogP contribution < -0.4 is 11.0 Å². The Bertz CT molecular complexity index is 360. The molecular formula is C11H19N3O. The molecule has 0 bridgehead atoms. The number of hydrogen-bond donors (Lipinski definition) is 1. The molecule has 0 saturated carbocycles. The summed E-state index contributed by atoms with van der Waals surface area (Å²) < 4.78 is 3.56. The van der Waals surface area contributed by atoms with E-state index in [4.69, 9.17) is 0 Å². The van der Waals surface area contributed by atoms with Gasteiger partial charge in [0.2, 0.25) is 0 Å². The molecule has 1 aliphatic rings. The third-order valence-electron chi connectivity index (χ3n) is 3.20. The first-order chi connectivity index (χ1) is 7.31. The fourth-order valence-corrected chi connectivity index (χ4v) is 2.15. The molecule has 84 valence electrons. The largest absolute Gasteiger partial charge is 0.328 e. The summed E-state index contributed by atoms with van der Waals surface area (Å²) in [4.78, 5) is 11.7. The molecule has 1 fully saturated rings. The van der Waals surface area contributed by atoms with Gasteiger partial charge < -0.3 is 5.32 Å². The van der Waals surface area contributed by atoms with Gasteiger partial charge in [0.1, 0.15) is 0 Å². The van der Waals surface area contributed by atoms with Crippen molar-refractivity contribution in [1.82, 2.24) is 14.5 Å². The van der Waals surface area contributed by atoms with Crippen LogP contribution in [0, 0.1) is 5.92 Å². The highest BCUT2D eigenvalue weighted by Gasteiger charge is 2.14. The van der Waals surface area contributed by atoms with Gasteiger partial charge in [0, 0.05) is 25.5 Å². The number of aromatic nitrogens is 2. The zero-order valence-corrected chi connectivity index (χ0v) is 9.28. The molecule has 1 atom stereocenters. The maximum atomic E-state index is 11.7. The summed E-state index contributed by atoms with van der Waals surface area (Å²) in [6.45, 7) is 5.86. The average Bonchev–Trinajstić information content (AvgIpc) is 2.85. The van der Waals surface area contributed by atoms with Gasteiger partial charge >= 0.3 is 5.69 Å². The average molecular weight is 209 g/mol. The lowest BCUT2D eigenvalue weighted by atomic mass is 10.1. The van der Waals surface area contributed by atoms with Crippen LogP contribution in [0.2, 0.25) is 0 Å². The van der Waals surface area contributed by atoms with Gasteiger partial charge in [-0.25, -0.2) is 4.79 Å². The topological polar surface area (TPSA) is 39.0 Å². The van der Waals surface area contributed by atoms with Crippen molar-refractivity contribution in [2.24, 2.45) is 5.92 Å². The van der Waals surface area contributed by atoms with E-state index < -0.39 is 0 Å². The van der Waals surface area contributed by atoms with Crippen molar-refractivity contribution in [3.05, 3.63) is 22.9 Å². The van der Waals surface area contributed by atoms with Crippen LogP contribution in [0.1, 0.15) is 19.8 Å². The summed E-state index contributed by atoms with van der Waals surface area (Å²) >= 11 is 0. The van der Waals surface area contributed by atoms with Crippen molar-refractivity contribution in [2.75, 3.05) is 13.1 Å². The maximum absolute atomic E-state index is 11.7. The molecule has 1 unspecified atom stereocenters. The van der Waals surface area contributed by atoms with Gasteiger partial charge in [0.15, 0.2) is 0 Å². The Labute approximate surface area is 89.9 Å². The predicted molar refractivity (Wildman–Crippen MR) is 60.0 cm³/mol. The van der Waals surface area contributed by atoms with E-state index in [1.54, 1.807) is 4.57 Å². The van der Waals surface area contributed by atoms with Crippen LogP contribution in [-0.4, -0.2) is 22.2 Å². The Morgan fingerprint density at radius 1 is 1.47 bits per heavy atom. The second kappa shape index (κ2) is 4.66. The highest BCUT2D eigenvalue weighted by atomic mass is 16.1. The van der Waals surface area contributed by atoms with Gasteiger partial charge in [0.05, 0.1) is 0 Å². The summed E-state index contributed by atoms with van der Waals surface area (Å²) in [6, 6.07) is 0. The molecule has 0 aromatic carbocycles. The summed E-state index contributed by atoms with van der Waals surface area (Å²) in [6.07, 6.45) is 6.13. The van der Waals surface area contributed by atoms with E-state index in [1.165, 1.54) is 6.42 Å². The van der Waals surface area contributed by atoms with E-state index in [9.17, 15) is 4.79 Å². The number of imidazole rings is 1. The van der Waals surface area contributed by atoms with E-state index in [0.29, 0.717) is 0 Å². The standard InChI is InChI=1S/C11H19N3O/c1-2-13-7-8-14(11(13)15)6-4-10-3-5-12-9-10/h7-8,10,12H,2-6,9H2,1H3. The zero-order valence-electron chi connectivity index (χ0n) is 9.28. The van der Waals surface area contributed by atoms with Crippen LogP contribution >= 0.6 is 0 Å². The smallest absolute Gasteiger partial charge is 0.316 e. The fraction of sp³-hybridized carbons (Fsp3) is 0.727. The number of nitrogens with zero attached hydrogens (tertiary/aromatic N) is 2. The van der Waals surface area contributed by atoms with Crippen molar-refractivity contribution < 1.29 is 0 Å². The van der Waals surface area contributed by atoms with Crippen molar-refractivity contribution >= 4 is 0 Å². The molecule has 0 aliphatic carbocycles. The van der Waals surface area contributed by atoms with Crippen molar-refractivity contribution in [3.63, 3.8) is 0 Å². The molecule has 1 saturated heterocycles. The Kier molecular flexibility index (Phi) is 3.26. The molecular weight excluding hydrogens is 190 g/mol. The minimum absolute atomic E-state index is 0.128. The molecule has 4 nitrogen and oxygen atoms in total. The highest BCUT2D eigenvalue weighted by molar-refractivity contribution is 4.82. The number of nitrogens with one attached hydrogen (secondary N) is 1. The third-order valence-corrected chi connectivity index (χ3v) is 3.20. The van der Waals surface area contributed by atoms with E-state index in [0.717, 1.165) is 38.5 Å². The monoisotopic (exact) mass is 209 g/mol. The van der Waals surface area contributed by atoms with Crippen molar-refractivity contribution in [1.29, 1.82) is 0 Å². The van der Waals surface area contributed by atoms with Crippen molar-refractivity contribution in [3.8, 4) is 0 Å². The lowest BCUT2D eigenvalue weighted by molar-refractivity contribution is 0.470. The van der Waals surface area contributed by atoms with Gasteiger partial charge in [-0.3, -0.25) is 9.13 Å². The SMILES string of the molecule is CCn1ccn(CCC2CCNC2)c1=O. The van der Waals surface area contributed by atoms with E-state index in [1.807, 2.05) is 23.9 Å². The predicted octanol–water partition coefficient (Wildman–Crippen LogP) is 0.669. The molecule has 2 heterocycles. The number of hydrogen-bond acceptors (Lipinski definition) is 2. The van der Waals surface area contributed by atoms with Gasteiger partial charge in [-0.05, 0) is 38.8 Å². The Morgan fingerprint density at radius 2 is 2.27 bits per heavy atom. The first-order valence-electron chi connectivity index (χ1n) is 5.77. The quantitative estimate of drug-likeness (QED) is 0.791. The molecule has 0 spiro atoms. The molecule has 1 aromatic rings. The summed E-state index contributed by atoms with van der Waals surface area (Å²) in [7, 11) is 0. The Morgan fingerprint density at radius 3 is 2.87 bits per heavy atom. The minimum Gasteiger partial charge on any atom is -0.316 e. The van der Waals surface area contributed by atoms with Crippen LogP contribution in [0.5, 0.6) is 0 Å². The lowest BCUT2D eigenvalue weighted by Gasteiger charge is -2.07. The molecule has 15 heavy (non-hydrogen) atoms. The molecule has 0 amide bonds.